The van der Waals surface area contributed by atoms with Crippen LogP contribution in [-0.4, -0.2) is 40.8 Å². The molecule has 2 aromatic rings. The number of imide groups is 1. The van der Waals surface area contributed by atoms with Gasteiger partial charge in [0.2, 0.25) is 5.91 Å². The van der Waals surface area contributed by atoms with Gasteiger partial charge in [0.1, 0.15) is 11.4 Å². The standard InChI is InChI=1S/C19H16F3N3O4/c20-19(21,22)12-4-1-5-13(10-12)24-17-14(6-2-8-23-17)18(28)29-11-16(27)25-9-3-7-15(25)26/h1-2,4-6,8,10H,3,7,9,11H2,(H,23,24). The molecule has 1 saturated heterocycles. The van der Waals surface area contributed by atoms with E-state index in [1.165, 1.54) is 30.5 Å². The molecule has 1 aromatic carbocycles. The summed E-state index contributed by atoms with van der Waals surface area (Å²) in [5.74, 6) is -1.87. The molecule has 29 heavy (non-hydrogen) atoms. The van der Waals surface area contributed by atoms with Crippen LogP contribution in [0.25, 0.3) is 0 Å². The van der Waals surface area contributed by atoms with Crippen LogP contribution in [0, 0.1) is 0 Å². The fourth-order valence-electron chi connectivity index (χ4n) is 2.77. The van der Waals surface area contributed by atoms with E-state index in [-0.39, 0.29) is 35.9 Å². The highest BCUT2D eigenvalue weighted by Gasteiger charge is 2.30. The molecule has 1 N–H and O–H groups in total. The third kappa shape index (κ3) is 4.89. The van der Waals surface area contributed by atoms with E-state index in [1.807, 2.05) is 0 Å². The van der Waals surface area contributed by atoms with Crippen LogP contribution in [0.5, 0.6) is 0 Å². The second-order valence-corrected chi connectivity index (χ2v) is 6.22. The van der Waals surface area contributed by atoms with Crippen molar-refractivity contribution in [1.82, 2.24) is 9.88 Å². The third-order valence-corrected chi connectivity index (χ3v) is 4.18. The molecule has 2 heterocycles. The molecule has 1 fully saturated rings. The van der Waals surface area contributed by atoms with Crippen molar-refractivity contribution in [1.29, 1.82) is 0 Å². The minimum Gasteiger partial charge on any atom is -0.452 e. The van der Waals surface area contributed by atoms with Gasteiger partial charge in [0.05, 0.1) is 5.56 Å². The number of ether oxygens (including phenoxy) is 1. The van der Waals surface area contributed by atoms with Gasteiger partial charge < -0.3 is 10.1 Å². The maximum Gasteiger partial charge on any atom is 0.416 e. The number of halogens is 3. The summed E-state index contributed by atoms with van der Waals surface area (Å²) in [5.41, 5.74) is -0.847. The average molecular weight is 407 g/mol. The van der Waals surface area contributed by atoms with Crippen LogP contribution in [0.2, 0.25) is 0 Å². The lowest BCUT2D eigenvalue weighted by atomic mass is 10.2. The van der Waals surface area contributed by atoms with Gasteiger partial charge in [-0.15, -0.1) is 0 Å². The summed E-state index contributed by atoms with van der Waals surface area (Å²) in [6.07, 6.45) is -2.34. The van der Waals surface area contributed by atoms with Gasteiger partial charge >= 0.3 is 12.1 Å². The van der Waals surface area contributed by atoms with E-state index in [0.29, 0.717) is 6.42 Å². The van der Waals surface area contributed by atoms with Crippen molar-refractivity contribution >= 4 is 29.3 Å². The topological polar surface area (TPSA) is 88.6 Å². The van der Waals surface area contributed by atoms with Crippen LogP contribution in [-0.2, 0) is 20.5 Å². The van der Waals surface area contributed by atoms with Crippen LogP contribution in [0.3, 0.4) is 0 Å². The molecular weight excluding hydrogens is 391 g/mol. The highest BCUT2D eigenvalue weighted by Crippen LogP contribution is 2.31. The number of nitrogens with one attached hydrogen (secondary N) is 1. The molecule has 1 aliphatic rings. The first-order valence-corrected chi connectivity index (χ1v) is 8.65. The average Bonchev–Trinajstić information content (AvgIpc) is 3.12. The molecule has 0 saturated carbocycles. The highest BCUT2D eigenvalue weighted by molar-refractivity contribution is 6.00. The van der Waals surface area contributed by atoms with Crippen molar-refractivity contribution in [2.45, 2.75) is 19.0 Å². The molecule has 0 radical (unpaired) electrons. The lowest BCUT2D eigenvalue weighted by Gasteiger charge is -2.15. The van der Waals surface area contributed by atoms with Gasteiger partial charge in [-0.25, -0.2) is 9.78 Å². The number of benzene rings is 1. The van der Waals surface area contributed by atoms with E-state index in [4.69, 9.17) is 4.74 Å². The number of hydrogen-bond donors (Lipinski definition) is 1. The normalized spacial score (nSPS) is 14.0. The van der Waals surface area contributed by atoms with Gasteiger partial charge in [-0.2, -0.15) is 13.2 Å². The van der Waals surface area contributed by atoms with Crippen molar-refractivity contribution in [3.05, 3.63) is 53.7 Å². The Bertz CT molecular complexity index is 946. The van der Waals surface area contributed by atoms with Crippen LogP contribution in [0.15, 0.2) is 42.6 Å². The number of pyridine rings is 1. The SMILES string of the molecule is O=C(OCC(=O)N1CCCC1=O)c1cccnc1Nc1cccc(C(F)(F)F)c1. The molecule has 0 unspecified atom stereocenters. The second kappa shape index (κ2) is 8.29. The van der Waals surface area contributed by atoms with Crippen molar-refractivity contribution < 1.29 is 32.3 Å². The number of hydrogen-bond acceptors (Lipinski definition) is 6. The zero-order chi connectivity index (χ0) is 21.0. The van der Waals surface area contributed by atoms with Gasteiger partial charge in [-0.3, -0.25) is 14.5 Å². The first kappa shape index (κ1) is 20.3. The maximum absolute atomic E-state index is 12.9. The van der Waals surface area contributed by atoms with Gasteiger partial charge in [0, 0.05) is 24.8 Å². The first-order chi connectivity index (χ1) is 13.8. The van der Waals surface area contributed by atoms with Crippen LogP contribution >= 0.6 is 0 Å². The van der Waals surface area contributed by atoms with Crippen LogP contribution in [0.4, 0.5) is 24.7 Å². The molecule has 0 bridgehead atoms. The van der Waals surface area contributed by atoms with Gasteiger partial charge in [-0.1, -0.05) is 6.07 Å². The fraction of sp³-hybridized carbons (Fsp3) is 0.263. The van der Waals surface area contributed by atoms with Gasteiger partial charge in [0.25, 0.3) is 5.91 Å². The zero-order valence-corrected chi connectivity index (χ0v) is 15.0. The van der Waals surface area contributed by atoms with E-state index in [1.54, 1.807) is 0 Å². The summed E-state index contributed by atoms with van der Waals surface area (Å²) in [5, 5.41) is 2.65. The molecule has 10 heteroatoms. The Kier molecular flexibility index (Phi) is 5.81. The predicted molar refractivity (Wildman–Crippen MR) is 95.2 cm³/mol. The lowest BCUT2D eigenvalue weighted by molar-refractivity contribution is -0.144. The Morgan fingerprint density at radius 1 is 1.21 bits per heavy atom. The summed E-state index contributed by atoms with van der Waals surface area (Å²) < 4.78 is 43.6. The smallest absolute Gasteiger partial charge is 0.416 e. The minimum absolute atomic E-state index is 0.0264. The number of amides is 2. The van der Waals surface area contributed by atoms with Gasteiger partial charge in [0.15, 0.2) is 6.61 Å². The van der Waals surface area contributed by atoms with E-state index >= 15 is 0 Å². The summed E-state index contributed by atoms with van der Waals surface area (Å²) in [4.78, 5) is 40.9. The minimum atomic E-state index is -4.52. The molecule has 1 aromatic heterocycles. The van der Waals surface area contributed by atoms with E-state index in [9.17, 15) is 27.6 Å². The number of esters is 1. The lowest BCUT2D eigenvalue weighted by Crippen LogP contribution is -2.35. The number of nitrogens with zero attached hydrogens (tertiary/aromatic N) is 2. The third-order valence-electron chi connectivity index (χ3n) is 4.18. The van der Waals surface area contributed by atoms with Crippen molar-refractivity contribution in [3.8, 4) is 0 Å². The van der Waals surface area contributed by atoms with E-state index < -0.39 is 30.2 Å². The van der Waals surface area contributed by atoms with Crippen LogP contribution in [0.1, 0.15) is 28.8 Å². The van der Waals surface area contributed by atoms with Crippen molar-refractivity contribution in [2.75, 3.05) is 18.5 Å². The Labute approximate surface area is 163 Å². The largest absolute Gasteiger partial charge is 0.452 e. The molecule has 0 spiro atoms. The van der Waals surface area contributed by atoms with Crippen LogP contribution < -0.4 is 5.32 Å². The number of rotatable bonds is 5. The Hall–Kier alpha value is -3.43. The number of aromatic nitrogens is 1. The van der Waals surface area contributed by atoms with E-state index in [0.717, 1.165) is 17.0 Å². The quantitative estimate of drug-likeness (QED) is 0.766. The number of anilines is 2. The number of carbonyl (C=O) groups is 3. The van der Waals surface area contributed by atoms with E-state index in [2.05, 4.69) is 10.3 Å². The summed E-state index contributed by atoms with van der Waals surface area (Å²) in [7, 11) is 0. The Morgan fingerprint density at radius 2 is 2.00 bits per heavy atom. The molecule has 3 rings (SSSR count). The molecule has 2 amide bonds. The molecule has 152 valence electrons. The number of carbonyl (C=O) groups excluding carboxylic acids is 3. The fourth-order valence-corrected chi connectivity index (χ4v) is 2.77. The Balaban J connectivity index is 1.71. The first-order valence-electron chi connectivity index (χ1n) is 8.65. The number of alkyl halides is 3. The summed E-state index contributed by atoms with van der Waals surface area (Å²) in [6.45, 7) is -0.340. The van der Waals surface area contributed by atoms with Crippen molar-refractivity contribution in [2.24, 2.45) is 0 Å². The number of likely N-dealkylation sites (tertiary alicyclic amines) is 1. The molecular formula is C19H16F3N3O4. The highest BCUT2D eigenvalue weighted by atomic mass is 19.4. The maximum atomic E-state index is 12.9. The predicted octanol–water partition coefficient (Wildman–Crippen LogP) is 3.15. The Morgan fingerprint density at radius 3 is 2.69 bits per heavy atom. The summed E-state index contributed by atoms with van der Waals surface area (Å²) >= 11 is 0. The summed E-state index contributed by atoms with van der Waals surface area (Å²) in [6, 6.07) is 7.21. The zero-order valence-electron chi connectivity index (χ0n) is 15.0. The molecule has 7 nitrogen and oxygen atoms in total. The molecule has 1 aliphatic heterocycles. The van der Waals surface area contributed by atoms with Crippen molar-refractivity contribution in [3.63, 3.8) is 0 Å². The molecule has 0 aliphatic carbocycles. The second-order valence-electron chi connectivity index (χ2n) is 6.22. The monoisotopic (exact) mass is 407 g/mol. The molecule has 0 atom stereocenters. The van der Waals surface area contributed by atoms with Gasteiger partial charge in [-0.05, 0) is 36.8 Å².